The molecular formula is C25H23N3O4S. The maximum atomic E-state index is 13.0. The lowest BCUT2D eigenvalue weighted by Crippen LogP contribution is -2.27. The predicted molar refractivity (Wildman–Crippen MR) is 129 cm³/mol. The molecule has 7 nitrogen and oxygen atoms in total. The fourth-order valence-electron chi connectivity index (χ4n) is 3.43. The summed E-state index contributed by atoms with van der Waals surface area (Å²) in [5.41, 5.74) is 2.85. The molecule has 0 aliphatic rings. The molecule has 4 aromatic rings. The van der Waals surface area contributed by atoms with Gasteiger partial charge in [-0.05, 0) is 42.2 Å². The van der Waals surface area contributed by atoms with E-state index in [1.165, 1.54) is 16.5 Å². The number of rotatable bonds is 7. The van der Waals surface area contributed by atoms with Crippen LogP contribution in [0.4, 0.5) is 5.69 Å². The molecule has 0 radical (unpaired) electrons. The Hall–Kier alpha value is -3.78. The Morgan fingerprint density at radius 2 is 1.79 bits per heavy atom. The van der Waals surface area contributed by atoms with Crippen molar-refractivity contribution in [1.82, 2.24) is 9.55 Å². The van der Waals surface area contributed by atoms with Crippen molar-refractivity contribution in [2.45, 2.75) is 33.4 Å². The number of carbonyl (C=O) groups excluding carboxylic acids is 2. The van der Waals surface area contributed by atoms with Gasteiger partial charge < -0.3 is 10.1 Å². The van der Waals surface area contributed by atoms with Crippen LogP contribution in [-0.4, -0.2) is 21.4 Å². The molecule has 0 saturated heterocycles. The topological polar surface area (TPSA) is 90.3 Å². The number of aromatic nitrogens is 2. The zero-order valence-electron chi connectivity index (χ0n) is 18.3. The Labute approximate surface area is 194 Å². The third-order valence-electron chi connectivity index (χ3n) is 5.28. The average Bonchev–Trinajstić information content (AvgIpc) is 3.17. The fourth-order valence-corrected chi connectivity index (χ4v) is 4.47. The van der Waals surface area contributed by atoms with Crippen molar-refractivity contribution in [2.24, 2.45) is 0 Å². The summed E-state index contributed by atoms with van der Waals surface area (Å²) in [6, 6.07) is 16.9. The summed E-state index contributed by atoms with van der Waals surface area (Å²) >= 11 is 1.12. The van der Waals surface area contributed by atoms with Crippen LogP contribution in [0.2, 0.25) is 0 Å². The van der Waals surface area contributed by atoms with Crippen LogP contribution in [0, 0.1) is 6.92 Å². The van der Waals surface area contributed by atoms with Gasteiger partial charge in [-0.15, -0.1) is 11.3 Å². The summed E-state index contributed by atoms with van der Waals surface area (Å²) in [6.45, 7) is 3.72. The van der Waals surface area contributed by atoms with Gasteiger partial charge in [0.1, 0.15) is 22.9 Å². The quantitative estimate of drug-likeness (QED) is 0.414. The molecule has 0 aliphatic heterocycles. The Balaban J connectivity index is 1.50. The summed E-state index contributed by atoms with van der Waals surface area (Å²) in [5.74, 6) is -0.837. The molecule has 168 valence electrons. The molecule has 0 spiro atoms. The molecule has 2 aromatic carbocycles. The van der Waals surface area contributed by atoms with Crippen LogP contribution in [-0.2, 0) is 29.1 Å². The SMILES string of the molecule is CCc1ccc(NC(=O)Cn2cnc3sc(C(=O)OCc4ccccc4)c(C)c3c2=O)cc1. The van der Waals surface area contributed by atoms with E-state index in [0.717, 1.165) is 23.3 Å². The molecule has 0 atom stereocenters. The van der Waals surface area contributed by atoms with Crippen LogP contribution < -0.4 is 10.9 Å². The molecular weight excluding hydrogens is 438 g/mol. The standard InChI is InChI=1S/C25H23N3O4S/c1-3-17-9-11-19(12-10-17)27-20(29)13-28-15-26-23-21(24(28)30)16(2)22(33-23)25(31)32-14-18-7-5-4-6-8-18/h4-12,15H,3,13-14H2,1-2H3,(H,27,29). The second kappa shape index (κ2) is 9.79. The smallest absolute Gasteiger partial charge is 0.349 e. The highest BCUT2D eigenvalue weighted by Gasteiger charge is 2.21. The highest BCUT2D eigenvalue weighted by molar-refractivity contribution is 7.20. The Morgan fingerprint density at radius 3 is 2.48 bits per heavy atom. The number of fused-ring (bicyclic) bond motifs is 1. The number of nitrogens with one attached hydrogen (secondary N) is 1. The van der Waals surface area contributed by atoms with E-state index in [1.54, 1.807) is 6.92 Å². The van der Waals surface area contributed by atoms with Gasteiger partial charge in [0, 0.05) is 5.69 Å². The minimum Gasteiger partial charge on any atom is -0.457 e. The molecule has 0 saturated carbocycles. The second-order valence-corrected chi connectivity index (χ2v) is 8.57. The van der Waals surface area contributed by atoms with E-state index in [4.69, 9.17) is 4.74 Å². The second-order valence-electron chi connectivity index (χ2n) is 7.57. The normalized spacial score (nSPS) is 10.8. The number of hydrogen-bond donors (Lipinski definition) is 1. The van der Waals surface area contributed by atoms with Crippen molar-refractivity contribution < 1.29 is 14.3 Å². The predicted octanol–water partition coefficient (Wildman–Crippen LogP) is 4.32. The van der Waals surface area contributed by atoms with E-state index >= 15 is 0 Å². The van der Waals surface area contributed by atoms with E-state index in [-0.39, 0.29) is 24.6 Å². The maximum Gasteiger partial charge on any atom is 0.349 e. The Morgan fingerprint density at radius 1 is 1.06 bits per heavy atom. The molecule has 1 N–H and O–H groups in total. The van der Waals surface area contributed by atoms with Gasteiger partial charge in [0.2, 0.25) is 5.91 Å². The van der Waals surface area contributed by atoms with Gasteiger partial charge in [0.15, 0.2) is 0 Å². The summed E-state index contributed by atoms with van der Waals surface area (Å²) in [5, 5.41) is 3.12. The molecule has 2 heterocycles. The first-order valence-corrected chi connectivity index (χ1v) is 11.4. The zero-order chi connectivity index (χ0) is 23.4. The number of thiophene rings is 1. The Bertz CT molecular complexity index is 1360. The molecule has 0 fully saturated rings. The van der Waals surface area contributed by atoms with Crippen LogP contribution in [0.25, 0.3) is 10.2 Å². The van der Waals surface area contributed by atoms with Crippen LogP contribution in [0.15, 0.2) is 65.7 Å². The number of aryl methyl sites for hydroxylation is 2. The van der Waals surface area contributed by atoms with Gasteiger partial charge in [0.25, 0.3) is 5.56 Å². The minimum absolute atomic E-state index is 0.143. The van der Waals surface area contributed by atoms with Gasteiger partial charge in [-0.25, -0.2) is 9.78 Å². The van der Waals surface area contributed by atoms with Crippen LogP contribution in [0.3, 0.4) is 0 Å². The van der Waals surface area contributed by atoms with Gasteiger partial charge >= 0.3 is 5.97 Å². The van der Waals surface area contributed by atoms with Crippen LogP contribution in [0.1, 0.15) is 33.3 Å². The number of hydrogen-bond acceptors (Lipinski definition) is 6. The molecule has 8 heteroatoms. The number of esters is 1. The van der Waals surface area contributed by atoms with Gasteiger partial charge in [-0.1, -0.05) is 49.4 Å². The van der Waals surface area contributed by atoms with E-state index in [0.29, 0.717) is 26.3 Å². The first-order chi connectivity index (χ1) is 16.0. The largest absolute Gasteiger partial charge is 0.457 e. The summed E-state index contributed by atoms with van der Waals surface area (Å²) in [7, 11) is 0. The van der Waals surface area contributed by atoms with E-state index in [2.05, 4.69) is 17.2 Å². The highest BCUT2D eigenvalue weighted by Crippen LogP contribution is 2.27. The van der Waals surface area contributed by atoms with Gasteiger partial charge in [-0.3, -0.25) is 14.2 Å². The van der Waals surface area contributed by atoms with Gasteiger partial charge in [-0.2, -0.15) is 0 Å². The van der Waals surface area contributed by atoms with Crippen molar-refractivity contribution in [2.75, 3.05) is 5.32 Å². The third kappa shape index (κ3) is 5.01. The maximum absolute atomic E-state index is 13.0. The number of benzene rings is 2. The lowest BCUT2D eigenvalue weighted by atomic mass is 10.1. The summed E-state index contributed by atoms with van der Waals surface area (Å²) in [6.07, 6.45) is 2.25. The van der Waals surface area contributed by atoms with E-state index < -0.39 is 5.97 Å². The van der Waals surface area contributed by atoms with Crippen molar-refractivity contribution in [1.29, 1.82) is 0 Å². The first kappa shape index (κ1) is 22.4. The molecule has 33 heavy (non-hydrogen) atoms. The number of anilines is 1. The molecule has 0 bridgehead atoms. The van der Waals surface area contributed by atoms with Crippen molar-refractivity contribution in [3.8, 4) is 0 Å². The number of carbonyl (C=O) groups is 2. The third-order valence-corrected chi connectivity index (χ3v) is 6.46. The number of nitrogens with zero attached hydrogens (tertiary/aromatic N) is 2. The highest BCUT2D eigenvalue weighted by atomic mass is 32.1. The van der Waals surface area contributed by atoms with Gasteiger partial charge in [0.05, 0.1) is 11.7 Å². The molecule has 2 aromatic heterocycles. The molecule has 0 unspecified atom stereocenters. The zero-order valence-corrected chi connectivity index (χ0v) is 19.1. The Kier molecular flexibility index (Phi) is 6.65. The van der Waals surface area contributed by atoms with E-state index in [1.807, 2.05) is 54.6 Å². The number of ether oxygens (including phenoxy) is 1. The molecule has 0 aliphatic carbocycles. The molecule has 4 rings (SSSR count). The minimum atomic E-state index is -0.501. The van der Waals surface area contributed by atoms with Crippen molar-refractivity contribution >= 4 is 39.1 Å². The van der Waals surface area contributed by atoms with Crippen LogP contribution in [0.5, 0.6) is 0 Å². The van der Waals surface area contributed by atoms with E-state index in [9.17, 15) is 14.4 Å². The number of amides is 1. The fraction of sp³-hybridized carbons (Fsp3) is 0.200. The van der Waals surface area contributed by atoms with Crippen molar-refractivity contribution in [3.05, 3.63) is 92.8 Å². The monoisotopic (exact) mass is 461 g/mol. The van der Waals surface area contributed by atoms with Crippen molar-refractivity contribution in [3.63, 3.8) is 0 Å². The average molecular weight is 462 g/mol. The lowest BCUT2D eigenvalue weighted by molar-refractivity contribution is -0.116. The first-order valence-electron chi connectivity index (χ1n) is 10.5. The molecule has 1 amide bonds. The van der Waals surface area contributed by atoms with Crippen LogP contribution >= 0.6 is 11.3 Å². The lowest BCUT2D eigenvalue weighted by Gasteiger charge is -2.08. The summed E-state index contributed by atoms with van der Waals surface area (Å²) in [4.78, 5) is 43.2. The summed E-state index contributed by atoms with van der Waals surface area (Å²) < 4.78 is 6.66.